The molecule has 0 radical (unpaired) electrons. The van der Waals surface area contributed by atoms with Gasteiger partial charge in [0.05, 0.1) is 22.6 Å². The van der Waals surface area contributed by atoms with E-state index in [0.717, 1.165) is 25.0 Å². The standard InChI is InChI=1S/C24H29F4N3O/c25-22-19(30-15-17-9-11-18(12-10-17)24(26,27)28)13-14-20(23(22)29)31-21(32)8-4-7-16-5-2-1-3-6-16/h9-14,16,30H,1-8,15,29H2,(H,31,32). The molecule has 0 saturated heterocycles. The Balaban J connectivity index is 1.51. The lowest BCUT2D eigenvalue weighted by Gasteiger charge is -2.21. The number of carbonyl (C=O) groups is 1. The molecule has 174 valence electrons. The van der Waals surface area contributed by atoms with Gasteiger partial charge in [-0.25, -0.2) is 4.39 Å². The molecule has 0 aromatic heterocycles. The van der Waals surface area contributed by atoms with Crippen LogP contribution in [0.15, 0.2) is 36.4 Å². The molecule has 1 amide bonds. The number of alkyl halides is 3. The van der Waals surface area contributed by atoms with Crippen LogP contribution in [0.4, 0.5) is 34.6 Å². The predicted octanol–water partition coefficient (Wildman–Crippen LogP) is 6.73. The second-order valence-electron chi connectivity index (χ2n) is 8.38. The Bertz CT molecular complexity index is 907. The van der Waals surface area contributed by atoms with Gasteiger partial charge in [0, 0.05) is 13.0 Å². The monoisotopic (exact) mass is 451 g/mol. The highest BCUT2D eigenvalue weighted by Crippen LogP contribution is 2.31. The summed E-state index contributed by atoms with van der Waals surface area (Å²) in [6.45, 7) is 0.126. The van der Waals surface area contributed by atoms with Gasteiger partial charge in [-0.2, -0.15) is 13.2 Å². The van der Waals surface area contributed by atoms with Gasteiger partial charge in [-0.15, -0.1) is 0 Å². The van der Waals surface area contributed by atoms with E-state index in [4.69, 9.17) is 5.73 Å². The zero-order chi connectivity index (χ0) is 23.1. The van der Waals surface area contributed by atoms with Crippen LogP contribution in [0.5, 0.6) is 0 Å². The van der Waals surface area contributed by atoms with Crippen molar-refractivity contribution in [3.05, 3.63) is 53.3 Å². The second kappa shape index (κ2) is 10.7. The van der Waals surface area contributed by atoms with Crippen LogP contribution in [0, 0.1) is 11.7 Å². The smallest absolute Gasteiger partial charge is 0.395 e. The molecule has 0 aliphatic heterocycles. The van der Waals surface area contributed by atoms with Gasteiger partial charge in [-0.1, -0.05) is 44.2 Å². The molecule has 1 aliphatic carbocycles. The second-order valence-corrected chi connectivity index (χ2v) is 8.38. The van der Waals surface area contributed by atoms with Gasteiger partial charge in [0.15, 0.2) is 5.82 Å². The van der Waals surface area contributed by atoms with Crippen LogP contribution < -0.4 is 16.4 Å². The molecule has 1 aliphatic rings. The van der Waals surface area contributed by atoms with E-state index in [0.29, 0.717) is 17.9 Å². The third kappa shape index (κ3) is 6.61. The van der Waals surface area contributed by atoms with Crippen LogP contribution in [-0.4, -0.2) is 5.91 Å². The minimum atomic E-state index is -4.40. The molecule has 0 heterocycles. The van der Waals surface area contributed by atoms with E-state index in [2.05, 4.69) is 10.6 Å². The maximum absolute atomic E-state index is 14.6. The highest BCUT2D eigenvalue weighted by molar-refractivity contribution is 5.94. The molecule has 8 heteroatoms. The van der Waals surface area contributed by atoms with Gasteiger partial charge < -0.3 is 16.4 Å². The predicted molar refractivity (Wildman–Crippen MR) is 119 cm³/mol. The average molecular weight is 452 g/mol. The molecular formula is C24H29F4N3O. The molecule has 2 aromatic rings. The minimum absolute atomic E-state index is 0.109. The van der Waals surface area contributed by atoms with Gasteiger partial charge in [-0.3, -0.25) is 4.79 Å². The Morgan fingerprint density at radius 2 is 1.66 bits per heavy atom. The van der Waals surface area contributed by atoms with Crippen molar-refractivity contribution in [1.82, 2.24) is 0 Å². The Kier molecular flexibility index (Phi) is 7.99. The molecule has 0 unspecified atom stereocenters. The number of anilines is 3. The molecule has 4 N–H and O–H groups in total. The normalized spacial score (nSPS) is 14.9. The lowest BCUT2D eigenvalue weighted by atomic mass is 9.86. The summed E-state index contributed by atoms with van der Waals surface area (Å²) in [5.74, 6) is -0.205. The summed E-state index contributed by atoms with van der Waals surface area (Å²) in [5, 5.41) is 5.50. The summed E-state index contributed by atoms with van der Waals surface area (Å²) in [6, 6.07) is 7.60. The number of nitrogens with two attached hydrogens (primary N) is 1. The first kappa shape index (κ1) is 23.9. The van der Waals surface area contributed by atoms with Gasteiger partial charge in [0.1, 0.15) is 0 Å². The number of halogens is 4. The SMILES string of the molecule is Nc1c(NC(=O)CCCC2CCCCC2)ccc(NCc2ccc(C(F)(F)F)cc2)c1F. The number of nitrogens with one attached hydrogen (secondary N) is 2. The molecule has 0 spiro atoms. The maximum Gasteiger partial charge on any atom is 0.416 e. The highest BCUT2D eigenvalue weighted by Gasteiger charge is 2.29. The van der Waals surface area contributed by atoms with E-state index < -0.39 is 17.6 Å². The summed E-state index contributed by atoms with van der Waals surface area (Å²) < 4.78 is 52.6. The van der Waals surface area contributed by atoms with Gasteiger partial charge >= 0.3 is 6.18 Å². The van der Waals surface area contributed by atoms with Crippen LogP contribution in [0.1, 0.15) is 62.5 Å². The first-order valence-corrected chi connectivity index (χ1v) is 11.0. The summed E-state index contributed by atoms with van der Waals surface area (Å²) >= 11 is 0. The van der Waals surface area contributed by atoms with E-state index in [9.17, 15) is 22.4 Å². The third-order valence-corrected chi connectivity index (χ3v) is 5.96. The molecule has 2 aromatic carbocycles. The topological polar surface area (TPSA) is 67.1 Å². The largest absolute Gasteiger partial charge is 0.416 e. The fourth-order valence-electron chi connectivity index (χ4n) is 4.09. The molecule has 1 fully saturated rings. The van der Waals surface area contributed by atoms with Crippen molar-refractivity contribution in [3.8, 4) is 0 Å². The molecule has 3 rings (SSSR count). The number of rotatable bonds is 8. The molecule has 32 heavy (non-hydrogen) atoms. The zero-order valence-corrected chi connectivity index (χ0v) is 17.9. The van der Waals surface area contributed by atoms with Crippen molar-refractivity contribution in [2.24, 2.45) is 5.92 Å². The molecule has 4 nitrogen and oxygen atoms in total. The number of hydrogen-bond acceptors (Lipinski definition) is 3. The number of benzene rings is 2. The van der Waals surface area contributed by atoms with Gasteiger partial charge in [0.2, 0.25) is 5.91 Å². The van der Waals surface area contributed by atoms with Crippen molar-refractivity contribution in [1.29, 1.82) is 0 Å². The van der Waals surface area contributed by atoms with Crippen LogP contribution in [0.2, 0.25) is 0 Å². The van der Waals surface area contributed by atoms with Gasteiger partial charge in [-0.05, 0) is 48.6 Å². The number of nitrogen functional groups attached to an aromatic ring is 1. The Hall–Kier alpha value is -2.77. The van der Waals surface area contributed by atoms with Crippen molar-refractivity contribution in [3.63, 3.8) is 0 Å². The Labute approximate surface area is 185 Å². The van der Waals surface area contributed by atoms with Crippen LogP contribution >= 0.6 is 0 Å². The third-order valence-electron chi connectivity index (χ3n) is 5.96. The molecule has 1 saturated carbocycles. The number of carbonyl (C=O) groups excluding carboxylic acids is 1. The molecular weight excluding hydrogens is 422 g/mol. The van der Waals surface area contributed by atoms with Crippen LogP contribution in [0.25, 0.3) is 0 Å². The van der Waals surface area contributed by atoms with Crippen molar-refractivity contribution in [2.75, 3.05) is 16.4 Å². The quantitative estimate of drug-likeness (QED) is 0.308. The first-order chi connectivity index (χ1) is 15.2. The average Bonchev–Trinajstić information content (AvgIpc) is 2.77. The van der Waals surface area contributed by atoms with E-state index in [1.807, 2.05) is 0 Å². The summed E-state index contributed by atoms with van der Waals surface area (Å²) in [6.07, 6.45) is 4.11. The zero-order valence-electron chi connectivity index (χ0n) is 17.9. The molecule has 0 bridgehead atoms. The van der Waals surface area contributed by atoms with E-state index in [1.165, 1.54) is 56.4 Å². The van der Waals surface area contributed by atoms with Crippen molar-refractivity contribution in [2.45, 2.75) is 64.1 Å². The minimum Gasteiger partial charge on any atom is -0.395 e. The van der Waals surface area contributed by atoms with Crippen LogP contribution in [-0.2, 0) is 17.5 Å². The maximum atomic E-state index is 14.6. The fraction of sp³-hybridized carbons (Fsp3) is 0.458. The van der Waals surface area contributed by atoms with E-state index in [-0.39, 0.29) is 29.5 Å². The summed E-state index contributed by atoms with van der Waals surface area (Å²) in [5.41, 5.74) is 5.82. The van der Waals surface area contributed by atoms with Crippen LogP contribution in [0.3, 0.4) is 0 Å². The Morgan fingerprint density at radius 1 is 1.00 bits per heavy atom. The van der Waals surface area contributed by atoms with Gasteiger partial charge in [0.25, 0.3) is 0 Å². The summed E-state index contributed by atoms with van der Waals surface area (Å²) in [4.78, 5) is 12.2. The van der Waals surface area contributed by atoms with Crippen molar-refractivity contribution < 1.29 is 22.4 Å². The molecule has 0 atom stereocenters. The lowest BCUT2D eigenvalue weighted by molar-refractivity contribution is -0.137. The number of hydrogen-bond donors (Lipinski definition) is 3. The van der Waals surface area contributed by atoms with E-state index >= 15 is 0 Å². The van der Waals surface area contributed by atoms with E-state index in [1.54, 1.807) is 0 Å². The Morgan fingerprint density at radius 3 is 2.31 bits per heavy atom. The number of amides is 1. The summed E-state index contributed by atoms with van der Waals surface area (Å²) in [7, 11) is 0. The highest BCUT2D eigenvalue weighted by atomic mass is 19.4. The lowest BCUT2D eigenvalue weighted by Crippen LogP contribution is -2.15. The first-order valence-electron chi connectivity index (χ1n) is 11.0. The fourth-order valence-corrected chi connectivity index (χ4v) is 4.09. The van der Waals surface area contributed by atoms with Crippen molar-refractivity contribution >= 4 is 23.0 Å².